The molecule has 3 rings (SSSR count). The second-order valence-electron chi connectivity index (χ2n) is 7.46. The van der Waals surface area contributed by atoms with E-state index in [1.165, 1.54) is 0 Å². The van der Waals surface area contributed by atoms with Gasteiger partial charge < -0.3 is 15.2 Å². The number of carbonyl (C=O) groups excluding carboxylic acids is 1. The summed E-state index contributed by atoms with van der Waals surface area (Å²) >= 11 is 7.57. The number of thioether (sulfide) groups is 1. The highest BCUT2D eigenvalue weighted by atomic mass is 35.5. The number of rotatable bonds is 10. The van der Waals surface area contributed by atoms with Gasteiger partial charge in [-0.05, 0) is 49.2 Å². The van der Waals surface area contributed by atoms with Crippen molar-refractivity contribution in [3.8, 4) is 22.8 Å². The van der Waals surface area contributed by atoms with Gasteiger partial charge in [0.15, 0.2) is 11.0 Å². The minimum Gasteiger partial charge on any atom is -0.494 e. The zero-order valence-corrected chi connectivity index (χ0v) is 20.1. The summed E-state index contributed by atoms with van der Waals surface area (Å²) in [5, 5.41) is 21.5. The van der Waals surface area contributed by atoms with Crippen molar-refractivity contribution in [1.29, 1.82) is 0 Å². The van der Waals surface area contributed by atoms with Gasteiger partial charge in [0.05, 0.1) is 17.4 Å². The van der Waals surface area contributed by atoms with Crippen molar-refractivity contribution in [1.82, 2.24) is 20.1 Å². The Bertz CT molecular complexity index is 1120. The first-order valence-electron chi connectivity index (χ1n) is 10.4. The predicted molar refractivity (Wildman–Crippen MR) is 128 cm³/mol. The first kappa shape index (κ1) is 24.6. The number of ether oxygens (including phenoxy) is 1. The Kier molecular flexibility index (Phi) is 8.35. The lowest BCUT2D eigenvalue weighted by molar-refractivity contribution is -0.142. The zero-order valence-electron chi connectivity index (χ0n) is 18.5. The lowest BCUT2D eigenvalue weighted by atomic mass is 10.1. The summed E-state index contributed by atoms with van der Waals surface area (Å²) in [5.41, 5.74) is 1.47. The summed E-state index contributed by atoms with van der Waals surface area (Å²) in [6.45, 7) is 5.95. The number of carboxylic acids is 1. The Balaban J connectivity index is 1.91. The van der Waals surface area contributed by atoms with Crippen molar-refractivity contribution in [2.24, 2.45) is 5.92 Å². The van der Waals surface area contributed by atoms with E-state index in [0.717, 1.165) is 23.2 Å². The number of aromatic nitrogens is 3. The lowest BCUT2D eigenvalue weighted by Crippen LogP contribution is -2.45. The van der Waals surface area contributed by atoms with Gasteiger partial charge in [0.2, 0.25) is 5.91 Å². The van der Waals surface area contributed by atoms with Crippen LogP contribution in [0.25, 0.3) is 17.1 Å². The molecule has 0 bridgehead atoms. The Hall–Kier alpha value is -3.04. The van der Waals surface area contributed by atoms with Gasteiger partial charge in [-0.25, -0.2) is 4.79 Å². The first-order chi connectivity index (χ1) is 15.8. The molecular formula is C23H25ClN4O4S. The third kappa shape index (κ3) is 6.06. The quantitative estimate of drug-likeness (QED) is 0.409. The third-order valence-corrected chi connectivity index (χ3v) is 5.99. The molecule has 0 aliphatic heterocycles. The maximum atomic E-state index is 12.4. The van der Waals surface area contributed by atoms with Crippen LogP contribution in [0, 0.1) is 5.92 Å². The van der Waals surface area contributed by atoms with E-state index in [1.807, 2.05) is 54.0 Å². The molecule has 2 aromatic carbocycles. The first-order valence-corrected chi connectivity index (χ1v) is 11.8. The summed E-state index contributed by atoms with van der Waals surface area (Å²) in [6.07, 6.45) is 0. The smallest absolute Gasteiger partial charge is 0.326 e. The summed E-state index contributed by atoms with van der Waals surface area (Å²) in [4.78, 5) is 23.8. The number of amides is 1. The summed E-state index contributed by atoms with van der Waals surface area (Å²) < 4.78 is 7.34. The molecule has 33 heavy (non-hydrogen) atoms. The highest BCUT2D eigenvalue weighted by Crippen LogP contribution is 2.32. The minimum absolute atomic E-state index is 0.0197. The predicted octanol–water partition coefficient (Wildman–Crippen LogP) is 4.30. The molecule has 174 valence electrons. The number of nitrogens with one attached hydrogen (secondary N) is 1. The molecule has 3 aromatic rings. The van der Waals surface area contributed by atoms with Crippen LogP contribution < -0.4 is 10.1 Å². The molecule has 1 heterocycles. The number of hydrogen-bond acceptors (Lipinski definition) is 6. The van der Waals surface area contributed by atoms with Gasteiger partial charge in [0.25, 0.3) is 0 Å². The molecular weight excluding hydrogens is 464 g/mol. The number of halogens is 1. The van der Waals surface area contributed by atoms with Crippen molar-refractivity contribution in [2.45, 2.75) is 32.0 Å². The van der Waals surface area contributed by atoms with Crippen LogP contribution >= 0.6 is 23.4 Å². The molecule has 1 unspecified atom stereocenters. The third-order valence-electron chi connectivity index (χ3n) is 4.74. The Morgan fingerprint density at radius 1 is 1.15 bits per heavy atom. The molecule has 8 nitrogen and oxygen atoms in total. The second kappa shape index (κ2) is 11.2. The fraction of sp³-hybridized carbons (Fsp3) is 0.304. The Morgan fingerprint density at radius 3 is 2.45 bits per heavy atom. The van der Waals surface area contributed by atoms with Crippen LogP contribution in [0.3, 0.4) is 0 Å². The molecule has 1 amide bonds. The number of benzene rings is 2. The molecule has 1 atom stereocenters. The number of aliphatic carboxylic acids is 1. The van der Waals surface area contributed by atoms with Crippen LogP contribution in [0.4, 0.5) is 0 Å². The number of carboxylic acid groups (broad SMARTS) is 1. The van der Waals surface area contributed by atoms with Crippen LogP contribution in [0.1, 0.15) is 20.8 Å². The summed E-state index contributed by atoms with van der Waals surface area (Å²) in [7, 11) is 0. The molecule has 0 fully saturated rings. The standard InChI is InChI=1S/C23H25ClN4O4S/c1-4-32-16-11-9-15(10-12-16)28-21(17-7-5-6-8-18(17)24)26-27-23(28)33-13-19(29)25-20(14(2)3)22(30)31/h5-12,14,20H,4,13H2,1-3H3,(H,25,29)(H,30,31). The van der Waals surface area contributed by atoms with Gasteiger partial charge in [0.1, 0.15) is 11.8 Å². The molecule has 0 aliphatic carbocycles. The van der Waals surface area contributed by atoms with Crippen molar-refractivity contribution in [3.05, 3.63) is 53.6 Å². The van der Waals surface area contributed by atoms with Crippen LogP contribution in [0.15, 0.2) is 53.7 Å². The van der Waals surface area contributed by atoms with Crippen molar-refractivity contribution >= 4 is 35.2 Å². The van der Waals surface area contributed by atoms with Crippen LogP contribution in [0.2, 0.25) is 5.02 Å². The maximum Gasteiger partial charge on any atom is 0.326 e. The van der Waals surface area contributed by atoms with E-state index < -0.39 is 17.9 Å². The molecule has 0 spiro atoms. The fourth-order valence-corrected chi connectivity index (χ4v) is 4.11. The van der Waals surface area contributed by atoms with E-state index >= 15 is 0 Å². The maximum absolute atomic E-state index is 12.4. The highest BCUT2D eigenvalue weighted by Gasteiger charge is 2.24. The van der Waals surface area contributed by atoms with E-state index in [9.17, 15) is 14.7 Å². The molecule has 0 saturated carbocycles. The topological polar surface area (TPSA) is 106 Å². The van der Waals surface area contributed by atoms with E-state index in [2.05, 4.69) is 15.5 Å². The summed E-state index contributed by atoms with van der Waals surface area (Å²) in [5.74, 6) is -0.470. The highest BCUT2D eigenvalue weighted by molar-refractivity contribution is 7.99. The fourth-order valence-electron chi connectivity index (χ4n) is 3.13. The lowest BCUT2D eigenvalue weighted by Gasteiger charge is -2.17. The number of nitrogens with zero attached hydrogens (tertiary/aromatic N) is 3. The monoisotopic (exact) mass is 488 g/mol. The Morgan fingerprint density at radius 2 is 1.85 bits per heavy atom. The summed E-state index contributed by atoms with van der Waals surface area (Å²) in [6, 6.07) is 13.8. The van der Waals surface area contributed by atoms with Gasteiger partial charge in [-0.15, -0.1) is 10.2 Å². The normalized spacial score (nSPS) is 11.9. The van der Waals surface area contributed by atoms with Crippen LogP contribution in [0.5, 0.6) is 5.75 Å². The molecule has 0 radical (unpaired) electrons. The van der Waals surface area contributed by atoms with Gasteiger partial charge in [-0.2, -0.15) is 0 Å². The Labute approximate surface area is 201 Å². The van der Waals surface area contributed by atoms with E-state index in [1.54, 1.807) is 19.9 Å². The average Bonchev–Trinajstić information content (AvgIpc) is 3.20. The van der Waals surface area contributed by atoms with E-state index in [4.69, 9.17) is 16.3 Å². The molecule has 0 aliphatic rings. The number of carbonyl (C=O) groups is 2. The van der Waals surface area contributed by atoms with Gasteiger partial charge in [-0.3, -0.25) is 9.36 Å². The molecule has 2 N–H and O–H groups in total. The average molecular weight is 489 g/mol. The minimum atomic E-state index is -1.07. The van der Waals surface area contributed by atoms with Gasteiger partial charge in [-0.1, -0.05) is 49.3 Å². The zero-order chi connectivity index (χ0) is 24.0. The van der Waals surface area contributed by atoms with E-state index in [-0.39, 0.29) is 11.7 Å². The van der Waals surface area contributed by atoms with Crippen LogP contribution in [-0.2, 0) is 9.59 Å². The van der Waals surface area contributed by atoms with Crippen molar-refractivity contribution in [2.75, 3.05) is 12.4 Å². The second-order valence-corrected chi connectivity index (χ2v) is 8.81. The molecule has 1 aromatic heterocycles. The van der Waals surface area contributed by atoms with Crippen molar-refractivity contribution < 1.29 is 19.4 Å². The largest absolute Gasteiger partial charge is 0.494 e. The van der Waals surface area contributed by atoms with Crippen LogP contribution in [-0.4, -0.2) is 50.1 Å². The SMILES string of the molecule is CCOc1ccc(-n2c(SCC(=O)NC(C(=O)O)C(C)C)nnc2-c2ccccc2Cl)cc1. The molecule has 10 heteroatoms. The van der Waals surface area contributed by atoms with Gasteiger partial charge >= 0.3 is 5.97 Å². The van der Waals surface area contributed by atoms with E-state index in [0.29, 0.717) is 28.2 Å². The number of hydrogen-bond donors (Lipinski definition) is 2. The van der Waals surface area contributed by atoms with Crippen molar-refractivity contribution in [3.63, 3.8) is 0 Å². The van der Waals surface area contributed by atoms with Gasteiger partial charge in [0, 0.05) is 11.3 Å². The molecule has 0 saturated heterocycles.